The molecule has 0 saturated carbocycles. The Balaban J connectivity index is 1.42. The first-order chi connectivity index (χ1) is 14.1. The number of fused-ring (bicyclic) bond motifs is 1. The van der Waals surface area contributed by atoms with Crippen LogP contribution >= 0.6 is 11.3 Å². The third kappa shape index (κ3) is 4.32. The zero-order valence-electron chi connectivity index (χ0n) is 16.5. The highest BCUT2D eigenvalue weighted by Crippen LogP contribution is 2.25. The quantitative estimate of drug-likeness (QED) is 0.491. The van der Waals surface area contributed by atoms with E-state index >= 15 is 0 Å². The predicted molar refractivity (Wildman–Crippen MR) is 117 cm³/mol. The number of nitrogens with zero attached hydrogens (tertiary/aromatic N) is 2. The summed E-state index contributed by atoms with van der Waals surface area (Å²) in [6, 6.07) is 18.0. The number of methoxy groups -OCH3 is 1. The summed E-state index contributed by atoms with van der Waals surface area (Å²) in [4.78, 5) is 18.1. The molecule has 1 atom stereocenters. The summed E-state index contributed by atoms with van der Waals surface area (Å²) in [6.07, 6.45) is 2.32. The van der Waals surface area contributed by atoms with Gasteiger partial charge in [0.2, 0.25) is 5.91 Å². The van der Waals surface area contributed by atoms with Gasteiger partial charge in [0.15, 0.2) is 4.96 Å². The molecule has 5 nitrogen and oxygen atoms in total. The Labute approximate surface area is 174 Å². The first-order valence-corrected chi connectivity index (χ1v) is 10.4. The lowest BCUT2D eigenvalue weighted by Crippen LogP contribution is -2.29. The Morgan fingerprint density at radius 3 is 2.66 bits per heavy atom. The lowest BCUT2D eigenvalue weighted by atomic mass is 10.0. The number of thiazole rings is 1. The van der Waals surface area contributed by atoms with Crippen molar-refractivity contribution in [3.8, 4) is 17.0 Å². The van der Waals surface area contributed by atoms with Crippen molar-refractivity contribution < 1.29 is 9.53 Å². The molecule has 0 fully saturated rings. The molecule has 6 heteroatoms. The van der Waals surface area contributed by atoms with E-state index in [1.807, 2.05) is 58.4 Å². The molecule has 1 amide bonds. The maximum absolute atomic E-state index is 12.5. The fourth-order valence-electron chi connectivity index (χ4n) is 3.25. The van der Waals surface area contributed by atoms with Crippen molar-refractivity contribution in [1.29, 1.82) is 0 Å². The van der Waals surface area contributed by atoms with Crippen LogP contribution in [0.15, 0.2) is 66.2 Å². The fraction of sp³-hybridized carbons (Fsp3) is 0.217. The number of rotatable bonds is 7. The number of imidazole rings is 1. The Morgan fingerprint density at radius 1 is 1.17 bits per heavy atom. The molecule has 2 aromatic carbocycles. The number of hydrogen-bond acceptors (Lipinski definition) is 4. The second-order valence-corrected chi connectivity index (χ2v) is 7.86. The maximum atomic E-state index is 12.5. The molecular formula is C23H23N3O2S. The van der Waals surface area contributed by atoms with Gasteiger partial charge in [0.1, 0.15) is 5.75 Å². The number of hydrogen-bond donors (Lipinski definition) is 1. The number of benzene rings is 2. The van der Waals surface area contributed by atoms with Gasteiger partial charge in [-0.05, 0) is 35.7 Å². The highest BCUT2D eigenvalue weighted by atomic mass is 32.1. The molecular weight excluding hydrogens is 382 g/mol. The summed E-state index contributed by atoms with van der Waals surface area (Å²) in [5.41, 5.74) is 4.08. The van der Waals surface area contributed by atoms with E-state index in [4.69, 9.17) is 4.74 Å². The minimum absolute atomic E-state index is 0.0205. The average molecular weight is 406 g/mol. The molecule has 29 heavy (non-hydrogen) atoms. The molecule has 0 aliphatic heterocycles. The van der Waals surface area contributed by atoms with E-state index in [9.17, 15) is 4.79 Å². The Bertz CT molecular complexity index is 1100. The van der Waals surface area contributed by atoms with Gasteiger partial charge in [0, 0.05) is 29.4 Å². The van der Waals surface area contributed by atoms with E-state index in [1.165, 1.54) is 5.56 Å². The topological polar surface area (TPSA) is 55.6 Å². The third-order valence-corrected chi connectivity index (χ3v) is 5.87. The summed E-state index contributed by atoms with van der Waals surface area (Å²) in [7, 11) is 1.65. The molecule has 4 aromatic rings. The minimum Gasteiger partial charge on any atom is -0.497 e. The number of carbonyl (C=O) groups is 1. The number of ether oxygens (including phenoxy) is 1. The zero-order chi connectivity index (χ0) is 20.2. The molecule has 0 aliphatic rings. The van der Waals surface area contributed by atoms with Gasteiger partial charge in [0.05, 0.1) is 19.2 Å². The third-order valence-electron chi connectivity index (χ3n) is 4.98. The van der Waals surface area contributed by atoms with Crippen LogP contribution in [-0.4, -0.2) is 28.9 Å². The fourth-order valence-corrected chi connectivity index (χ4v) is 4.12. The van der Waals surface area contributed by atoms with Gasteiger partial charge >= 0.3 is 0 Å². The van der Waals surface area contributed by atoms with E-state index < -0.39 is 0 Å². The molecule has 148 valence electrons. The van der Waals surface area contributed by atoms with E-state index in [-0.39, 0.29) is 11.8 Å². The predicted octanol–water partition coefficient (Wildman–Crippen LogP) is 4.53. The average Bonchev–Trinajstić information content (AvgIpc) is 3.35. The molecule has 0 aliphatic carbocycles. The molecule has 2 aromatic heterocycles. The van der Waals surface area contributed by atoms with Crippen LogP contribution in [-0.2, 0) is 11.2 Å². The van der Waals surface area contributed by atoms with E-state index in [0.717, 1.165) is 27.7 Å². The van der Waals surface area contributed by atoms with Gasteiger partial charge in [0.25, 0.3) is 0 Å². The summed E-state index contributed by atoms with van der Waals surface area (Å²) in [6.45, 7) is 2.74. The molecule has 0 saturated heterocycles. The smallest absolute Gasteiger partial charge is 0.226 e. The van der Waals surface area contributed by atoms with Crippen LogP contribution in [0.5, 0.6) is 5.75 Å². The highest BCUT2D eigenvalue weighted by Gasteiger charge is 2.14. The second-order valence-electron chi connectivity index (χ2n) is 7.03. The Hall–Kier alpha value is -3.12. The van der Waals surface area contributed by atoms with Crippen LogP contribution in [0.3, 0.4) is 0 Å². The monoisotopic (exact) mass is 405 g/mol. The lowest BCUT2D eigenvalue weighted by Gasteiger charge is -2.12. The minimum atomic E-state index is 0.0205. The van der Waals surface area contributed by atoms with Crippen molar-refractivity contribution in [2.45, 2.75) is 19.3 Å². The lowest BCUT2D eigenvalue weighted by molar-refractivity contribution is -0.120. The molecule has 0 spiro atoms. The molecule has 4 rings (SSSR count). The maximum Gasteiger partial charge on any atom is 0.226 e. The molecule has 0 bridgehead atoms. The van der Waals surface area contributed by atoms with Crippen molar-refractivity contribution in [2.75, 3.05) is 13.7 Å². The summed E-state index contributed by atoms with van der Waals surface area (Å²) >= 11 is 1.55. The molecule has 1 N–H and O–H groups in total. The first kappa shape index (κ1) is 19.2. The van der Waals surface area contributed by atoms with Gasteiger partial charge in [-0.15, -0.1) is 11.3 Å². The van der Waals surface area contributed by atoms with Gasteiger partial charge in [-0.25, -0.2) is 4.98 Å². The molecule has 0 radical (unpaired) electrons. The summed E-state index contributed by atoms with van der Waals surface area (Å²) < 4.78 is 7.22. The van der Waals surface area contributed by atoms with Crippen LogP contribution in [0.2, 0.25) is 0 Å². The largest absolute Gasteiger partial charge is 0.497 e. The Morgan fingerprint density at radius 2 is 1.93 bits per heavy atom. The van der Waals surface area contributed by atoms with Crippen LogP contribution in [0.1, 0.15) is 24.1 Å². The van der Waals surface area contributed by atoms with Crippen molar-refractivity contribution in [3.63, 3.8) is 0 Å². The number of nitrogens with one attached hydrogen (secondary N) is 1. The second kappa shape index (κ2) is 8.49. The summed E-state index contributed by atoms with van der Waals surface area (Å²) in [5, 5.41) is 5.05. The van der Waals surface area contributed by atoms with Crippen molar-refractivity contribution in [3.05, 3.63) is 77.4 Å². The van der Waals surface area contributed by atoms with Crippen LogP contribution in [0, 0.1) is 0 Å². The standard InChI is InChI=1S/C23H23N3O2S/c1-16(17-6-4-3-5-7-17)13-24-22(27)12-19-15-29-23-25-21(14-26(19)23)18-8-10-20(28-2)11-9-18/h3-11,14-16H,12-13H2,1-2H3,(H,24,27)/t16-/m0/s1. The molecule has 0 unspecified atom stereocenters. The van der Waals surface area contributed by atoms with Gasteiger partial charge in [-0.3, -0.25) is 9.20 Å². The van der Waals surface area contributed by atoms with Crippen molar-refractivity contribution in [2.24, 2.45) is 0 Å². The normalized spacial score (nSPS) is 12.1. The van der Waals surface area contributed by atoms with E-state index in [0.29, 0.717) is 13.0 Å². The number of carbonyl (C=O) groups excluding carboxylic acids is 1. The van der Waals surface area contributed by atoms with Gasteiger partial charge in [-0.1, -0.05) is 37.3 Å². The molecule has 2 heterocycles. The number of aromatic nitrogens is 2. The summed E-state index contributed by atoms with van der Waals surface area (Å²) in [5.74, 6) is 1.11. The van der Waals surface area contributed by atoms with Crippen LogP contribution in [0.25, 0.3) is 16.2 Å². The highest BCUT2D eigenvalue weighted by molar-refractivity contribution is 7.15. The van der Waals surface area contributed by atoms with Crippen molar-refractivity contribution >= 4 is 22.2 Å². The van der Waals surface area contributed by atoms with Crippen LogP contribution < -0.4 is 10.1 Å². The van der Waals surface area contributed by atoms with Gasteiger partial charge in [-0.2, -0.15) is 0 Å². The van der Waals surface area contributed by atoms with Crippen molar-refractivity contribution in [1.82, 2.24) is 14.7 Å². The number of amides is 1. The van der Waals surface area contributed by atoms with E-state index in [2.05, 4.69) is 29.4 Å². The first-order valence-electron chi connectivity index (χ1n) is 9.55. The van der Waals surface area contributed by atoms with E-state index in [1.54, 1.807) is 18.4 Å². The van der Waals surface area contributed by atoms with Crippen LogP contribution in [0.4, 0.5) is 0 Å². The van der Waals surface area contributed by atoms with Gasteiger partial charge < -0.3 is 10.1 Å². The Kier molecular flexibility index (Phi) is 5.62. The SMILES string of the molecule is COc1ccc(-c2cn3c(CC(=O)NC[C@H](C)c4ccccc4)csc3n2)cc1. The zero-order valence-corrected chi connectivity index (χ0v) is 17.3.